The third-order valence-electron chi connectivity index (χ3n) is 4.19. The summed E-state index contributed by atoms with van der Waals surface area (Å²) in [7, 11) is -5.05. The van der Waals surface area contributed by atoms with E-state index in [1.807, 2.05) is 0 Å². The van der Waals surface area contributed by atoms with Crippen molar-refractivity contribution in [3.8, 4) is 0 Å². The van der Waals surface area contributed by atoms with Crippen molar-refractivity contribution in [1.29, 1.82) is 0 Å². The van der Waals surface area contributed by atoms with Crippen molar-refractivity contribution in [3.05, 3.63) is 0 Å². The van der Waals surface area contributed by atoms with E-state index in [2.05, 4.69) is 0 Å². The van der Waals surface area contributed by atoms with Gasteiger partial charge in [0, 0.05) is 19.0 Å². The average molecular weight is 293 g/mol. The van der Waals surface area contributed by atoms with Gasteiger partial charge in [-0.3, -0.25) is 9.35 Å². The molecule has 0 aromatic carbocycles. The molecule has 1 aliphatic carbocycles. The number of alkyl halides is 1. The summed E-state index contributed by atoms with van der Waals surface area (Å²) in [5.41, 5.74) is 0. The molecule has 110 valence electrons. The van der Waals surface area contributed by atoms with Crippen molar-refractivity contribution < 1.29 is 22.2 Å². The summed E-state index contributed by atoms with van der Waals surface area (Å²) in [4.78, 5) is 13.5. The van der Waals surface area contributed by atoms with Crippen molar-refractivity contribution in [3.63, 3.8) is 0 Å². The van der Waals surface area contributed by atoms with Crippen LogP contribution in [0, 0.1) is 5.92 Å². The van der Waals surface area contributed by atoms with E-state index in [4.69, 9.17) is 0 Å². The molecule has 1 aliphatic heterocycles. The van der Waals surface area contributed by atoms with E-state index in [1.165, 1.54) is 4.90 Å². The maximum Gasteiger partial charge on any atom is 0.314 e. The molecular weight excluding hydrogens is 273 g/mol. The molecule has 1 saturated carbocycles. The molecule has 5 nitrogen and oxygen atoms in total. The van der Waals surface area contributed by atoms with E-state index in [0.29, 0.717) is 38.8 Å². The molecule has 2 aliphatic rings. The Balaban J connectivity index is 2.29. The number of likely N-dealkylation sites (tertiary alicyclic amines) is 1. The maximum absolute atomic E-state index is 15.0. The number of piperidine rings is 1. The van der Waals surface area contributed by atoms with Crippen molar-refractivity contribution in [1.82, 2.24) is 4.90 Å². The third-order valence-corrected chi connectivity index (χ3v) is 5.45. The van der Waals surface area contributed by atoms with Crippen LogP contribution in [-0.4, -0.2) is 41.9 Å². The Morgan fingerprint density at radius 1 is 1.11 bits per heavy atom. The summed E-state index contributed by atoms with van der Waals surface area (Å²) in [6.45, 7) is 0.736. The predicted octanol–water partition coefficient (Wildman–Crippen LogP) is 1.74. The van der Waals surface area contributed by atoms with E-state index >= 15 is 0 Å². The molecule has 1 amide bonds. The van der Waals surface area contributed by atoms with Crippen LogP contribution in [0.5, 0.6) is 0 Å². The zero-order chi connectivity index (χ0) is 14.1. The van der Waals surface area contributed by atoms with E-state index in [-0.39, 0.29) is 0 Å². The molecule has 0 bridgehead atoms. The lowest BCUT2D eigenvalue weighted by Gasteiger charge is -2.34. The zero-order valence-corrected chi connectivity index (χ0v) is 11.7. The molecule has 0 aromatic rings. The van der Waals surface area contributed by atoms with Crippen molar-refractivity contribution in [2.24, 2.45) is 5.92 Å². The molecular formula is C12H20FNO4S. The Morgan fingerprint density at radius 2 is 1.63 bits per heavy atom. The van der Waals surface area contributed by atoms with Gasteiger partial charge in [-0.25, -0.2) is 4.39 Å². The zero-order valence-electron chi connectivity index (χ0n) is 10.8. The minimum atomic E-state index is -5.05. The largest absolute Gasteiger partial charge is 0.339 e. The first-order valence-electron chi connectivity index (χ1n) is 6.82. The van der Waals surface area contributed by atoms with Crippen LogP contribution >= 0.6 is 0 Å². The van der Waals surface area contributed by atoms with Gasteiger partial charge >= 0.3 is 15.1 Å². The maximum atomic E-state index is 15.0. The summed E-state index contributed by atoms with van der Waals surface area (Å²) in [6.07, 6.45) is 4.50. The van der Waals surface area contributed by atoms with Crippen LogP contribution in [0.1, 0.15) is 44.9 Å². The van der Waals surface area contributed by atoms with E-state index in [9.17, 15) is 22.2 Å². The Bertz CT molecular complexity index is 441. The van der Waals surface area contributed by atoms with Crippen LogP contribution in [0.4, 0.5) is 4.39 Å². The first-order valence-corrected chi connectivity index (χ1v) is 8.26. The second kappa shape index (κ2) is 5.36. The van der Waals surface area contributed by atoms with Gasteiger partial charge in [-0.2, -0.15) is 8.42 Å². The first kappa shape index (κ1) is 14.7. The smallest absolute Gasteiger partial charge is 0.314 e. The topological polar surface area (TPSA) is 74.7 Å². The lowest BCUT2D eigenvalue weighted by atomic mass is 9.99. The fraction of sp³-hybridized carbons (Fsp3) is 0.917. The van der Waals surface area contributed by atoms with Gasteiger partial charge in [0.25, 0.3) is 5.91 Å². The number of amides is 1. The molecule has 1 heterocycles. The summed E-state index contributed by atoms with van der Waals surface area (Å²) in [6, 6.07) is 0. The molecule has 1 saturated heterocycles. The van der Waals surface area contributed by atoms with Crippen LogP contribution in [0.2, 0.25) is 0 Å². The number of nitrogens with zero attached hydrogens (tertiary/aromatic N) is 1. The van der Waals surface area contributed by atoms with Gasteiger partial charge in [0.2, 0.25) is 0 Å². The van der Waals surface area contributed by atoms with Crippen LogP contribution in [0.15, 0.2) is 0 Å². The molecule has 0 aromatic heterocycles. The van der Waals surface area contributed by atoms with Crippen molar-refractivity contribution >= 4 is 16.0 Å². The van der Waals surface area contributed by atoms with Gasteiger partial charge in [0.1, 0.15) is 0 Å². The standard InChI is InChI=1S/C12H20FNO4S/c13-12(19(16,17)18,10-6-2-3-7-10)11(15)14-8-4-1-5-9-14/h10H,1-9H2,(H,16,17,18). The number of carbonyl (C=O) groups is 1. The van der Waals surface area contributed by atoms with Crippen molar-refractivity contribution in [2.45, 2.75) is 49.9 Å². The van der Waals surface area contributed by atoms with Gasteiger partial charge in [-0.15, -0.1) is 0 Å². The van der Waals surface area contributed by atoms with E-state index in [0.717, 1.165) is 19.3 Å². The van der Waals surface area contributed by atoms with E-state index in [1.54, 1.807) is 0 Å². The number of hydrogen-bond donors (Lipinski definition) is 1. The summed E-state index contributed by atoms with van der Waals surface area (Å²) in [5.74, 6) is -1.99. The Morgan fingerprint density at radius 3 is 2.11 bits per heavy atom. The summed E-state index contributed by atoms with van der Waals surface area (Å²) >= 11 is 0. The summed E-state index contributed by atoms with van der Waals surface area (Å²) in [5, 5.41) is -3.15. The van der Waals surface area contributed by atoms with E-state index < -0.39 is 26.9 Å². The molecule has 1 atom stereocenters. The highest BCUT2D eigenvalue weighted by molar-refractivity contribution is 7.87. The molecule has 1 unspecified atom stereocenters. The lowest BCUT2D eigenvalue weighted by Crippen LogP contribution is -2.55. The quantitative estimate of drug-likeness (QED) is 0.804. The molecule has 19 heavy (non-hydrogen) atoms. The normalized spacial score (nSPS) is 25.3. The number of rotatable bonds is 3. The molecule has 1 N–H and O–H groups in total. The van der Waals surface area contributed by atoms with Gasteiger partial charge < -0.3 is 4.90 Å². The predicted molar refractivity (Wildman–Crippen MR) is 67.8 cm³/mol. The highest BCUT2D eigenvalue weighted by atomic mass is 32.2. The number of hydrogen-bond acceptors (Lipinski definition) is 3. The Labute approximate surface area is 112 Å². The summed E-state index contributed by atoms with van der Waals surface area (Å²) < 4.78 is 47.1. The fourth-order valence-electron chi connectivity index (χ4n) is 3.11. The van der Waals surface area contributed by atoms with Gasteiger partial charge in [-0.05, 0) is 32.1 Å². The minimum Gasteiger partial charge on any atom is -0.339 e. The van der Waals surface area contributed by atoms with Crippen molar-refractivity contribution in [2.75, 3.05) is 13.1 Å². The van der Waals surface area contributed by atoms with Crippen LogP contribution < -0.4 is 0 Å². The second-order valence-corrected chi connectivity index (χ2v) is 7.00. The molecule has 2 rings (SSSR count). The molecule has 7 heteroatoms. The third kappa shape index (κ3) is 2.63. The molecule has 0 spiro atoms. The second-order valence-electron chi connectivity index (χ2n) is 5.45. The van der Waals surface area contributed by atoms with Crippen LogP contribution in [0.25, 0.3) is 0 Å². The van der Waals surface area contributed by atoms with Gasteiger partial charge in [0.15, 0.2) is 0 Å². The fourth-order valence-corrected chi connectivity index (χ4v) is 4.11. The lowest BCUT2D eigenvalue weighted by molar-refractivity contribution is -0.142. The van der Waals surface area contributed by atoms with Gasteiger partial charge in [0.05, 0.1) is 0 Å². The Kier molecular flexibility index (Phi) is 4.15. The number of halogens is 1. The first-order chi connectivity index (χ1) is 8.87. The molecule has 2 fully saturated rings. The highest BCUT2D eigenvalue weighted by Crippen LogP contribution is 2.41. The monoisotopic (exact) mass is 293 g/mol. The highest BCUT2D eigenvalue weighted by Gasteiger charge is 2.59. The number of carbonyl (C=O) groups excluding carboxylic acids is 1. The van der Waals surface area contributed by atoms with Gasteiger partial charge in [-0.1, -0.05) is 12.8 Å². The average Bonchev–Trinajstić information content (AvgIpc) is 2.90. The SMILES string of the molecule is O=C(N1CCCCC1)C(F)(C1CCCC1)S(=O)(=O)O. The Hall–Kier alpha value is -0.690. The van der Waals surface area contributed by atoms with Crippen LogP contribution in [-0.2, 0) is 14.9 Å². The van der Waals surface area contributed by atoms with Crippen LogP contribution in [0.3, 0.4) is 0 Å². The minimum absolute atomic E-state index is 0.329. The molecule has 0 radical (unpaired) electrons.